The van der Waals surface area contributed by atoms with Gasteiger partial charge >= 0.3 is 0 Å². The molecule has 3 aromatic heterocycles. The predicted octanol–water partition coefficient (Wildman–Crippen LogP) is 7.70. The van der Waals surface area contributed by atoms with Gasteiger partial charge in [0.1, 0.15) is 5.01 Å². The van der Waals surface area contributed by atoms with Crippen LogP contribution < -0.4 is 0 Å². The minimum atomic E-state index is 0.640. The van der Waals surface area contributed by atoms with Crippen LogP contribution in [-0.2, 0) is 0 Å². The van der Waals surface area contributed by atoms with E-state index in [1.807, 2.05) is 78.9 Å². The van der Waals surface area contributed by atoms with E-state index in [0.29, 0.717) is 17.5 Å². The van der Waals surface area contributed by atoms with Gasteiger partial charge in [-0.1, -0.05) is 84.9 Å². The number of aromatic nitrogens is 5. The molecule has 0 radical (unpaired) electrons. The van der Waals surface area contributed by atoms with Gasteiger partial charge in [-0.2, -0.15) is 0 Å². The molecule has 0 fully saturated rings. The first kappa shape index (κ1) is 21.5. The predicted molar refractivity (Wildman–Crippen MR) is 150 cm³/mol. The summed E-state index contributed by atoms with van der Waals surface area (Å²) in [6.45, 7) is 0. The van der Waals surface area contributed by atoms with Crippen molar-refractivity contribution in [2.75, 3.05) is 0 Å². The molecule has 0 aliphatic rings. The lowest BCUT2D eigenvalue weighted by Gasteiger charge is -2.09. The molecule has 0 atom stereocenters. The first-order chi connectivity index (χ1) is 18.3. The maximum absolute atomic E-state index is 4.89. The van der Waals surface area contributed by atoms with Crippen LogP contribution in [0.1, 0.15) is 0 Å². The van der Waals surface area contributed by atoms with E-state index in [1.165, 1.54) is 0 Å². The molecule has 7 aromatic rings. The maximum atomic E-state index is 4.89. The number of hydrogen-bond acceptors (Lipinski definition) is 6. The van der Waals surface area contributed by atoms with E-state index < -0.39 is 0 Å². The SMILES string of the molecule is c1ccc(-c2nc(-c3ccccc3)nc(-c3ccc4ccc5nc(-c6ccccn6)sc5c4c3)n2)cc1. The van der Waals surface area contributed by atoms with Crippen molar-refractivity contribution in [1.82, 2.24) is 24.9 Å². The van der Waals surface area contributed by atoms with Gasteiger partial charge in [-0.05, 0) is 29.7 Å². The zero-order valence-corrected chi connectivity index (χ0v) is 20.4. The molecule has 7 rings (SSSR count). The van der Waals surface area contributed by atoms with Crippen LogP contribution in [0.25, 0.3) is 65.9 Å². The summed E-state index contributed by atoms with van der Waals surface area (Å²) in [5.41, 5.74) is 4.68. The Morgan fingerprint density at radius 2 is 1.14 bits per heavy atom. The van der Waals surface area contributed by atoms with Crippen LogP contribution in [0.15, 0.2) is 115 Å². The van der Waals surface area contributed by atoms with Crippen LogP contribution >= 0.6 is 11.3 Å². The second kappa shape index (κ2) is 9.00. The summed E-state index contributed by atoms with van der Waals surface area (Å²) in [4.78, 5) is 23.9. The summed E-state index contributed by atoms with van der Waals surface area (Å²) in [7, 11) is 0. The van der Waals surface area contributed by atoms with Crippen LogP contribution in [0.3, 0.4) is 0 Å². The average molecular weight is 494 g/mol. The highest BCUT2D eigenvalue weighted by Crippen LogP contribution is 2.36. The van der Waals surface area contributed by atoms with Crippen molar-refractivity contribution >= 4 is 32.3 Å². The van der Waals surface area contributed by atoms with E-state index in [-0.39, 0.29) is 0 Å². The third kappa shape index (κ3) is 4.03. The summed E-state index contributed by atoms with van der Waals surface area (Å²) in [5.74, 6) is 1.94. The largest absolute Gasteiger partial charge is 0.254 e. The highest BCUT2D eigenvalue weighted by Gasteiger charge is 2.15. The quantitative estimate of drug-likeness (QED) is 0.251. The Bertz CT molecular complexity index is 1810. The topological polar surface area (TPSA) is 64.5 Å². The van der Waals surface area contributed by atoms with Crippen molar-refractivity contribution < 1.29 is 0 Å². The van der Waals surface area contributed by atoms with Crippen molar-refractivity contribution in [3.05, 3.63) is 115 Å². The number of benzene rings is 4. The summed E-state index contributed by atoms with van der Waals surface area (Å²) in [5, 5.41) is 3.18. The normalized spacial score (nSPS) is 11.2. The Morgan fingerprint density at radius 1 is 0.514 bits per heavy atom. The van der Waals surface area contributed by atoms with E-state index in [4.69, 9.17) is 19.9 Å². The number of hydrogen-bond donors (Lipinski definition) is 0. The number of fused-ring (bicyclic) bond motifs is 3. The smallest absolute Gasteiger partial charge is 0.164 e. The van der Waals surface area contributed by atoms with Crippen LogP contribution in [0, 0.1) is 0 Å². The molecule has 6 heteroatoms. The second-order valence-electron chi connectivity index (χ2n) is 8.62. The Kier molecular flexibility index (Phi) is 5.22. The molecule has 0 N–H and O–H groups in total. The van der Waals surface area contributed by atoms with Gasteiger partial charge in [0.2, 0.25) is 0 Å². The molecular weight excluding hydrogens is 474 g/mol. The van der Waals surface area contributed by atoms with Gasteiger partial charge < -0.3 is 0 Å². The van der Waals surface area contributed by atoms with Crippen LogP contribution in [0.4, 0.5) is 0 Å². The number of pyridine rings is 1. The van der Waals surface area contributed by atoms with E-state index in [2.05, 4.69) is 35.3 Å². The standard InChI is InChI=1S/C31H19N5S/c1-3-9-21(10-4-1)28-34-29(22-11-5-2-6-12-22)36-30(35-28)23-15-14-20-16-17-25-27(24(20)19-23)37-31(33-25)26-13-7-8-18-32-26/h1-19H. The van der Waals surface area contributed by atoms with Gasteiger partial charge in [0.05, 0.1) is 15.9 Å². The van der Waals surface area contributed by atoms with Gasteiger partial charge in [-0.3, -0.25) is 4.98 Å². The monoisotopic (exact) mass is 493 g/mol. The van der Waals surface area contributed by atoms with Crippen molar-refractivity contribution in [3.8, 4) is 44.9 Å². The molecule has 5 nitrogen and oxygen atoms in total. The fourth-order valence-corrected chi connectivity index (χ4v) is 5.45. The highest BCUT2D eigenvalue weighted by molar-refractivity contribution is 7.22. The molecule has 174 valence electrons. The van der Waals surface area contributed by atoms with Crippen LogP contribution in [0.2, 0.25) is 0 Å². The van der Waals surface area contributed by atoms with Crippen molar-refractivity contribution in [3.63, 3.8) is 0 Å². The van der Waals surface area contributed by atoms with Gasteiger partial charge in [-0.25, -0.2) is 19.9 Å². The lowest BCUT2D eigenvalue weighted by Crippen LogP contribution is -2.00. The number of nitrogens with zero attached hydrogens (tertiary/aromatic N) is 5. The van der Waals surface area contributed by atoms with E-state index in [9.17, 15) is 0 Å². The van der Waals surface area contributed by atoms with Crippen LogP contribution in [0.5, 0.6) is 0 Å². The summed E-state index contributed by atoms with van der Waals surface area (Å²) >= 11 is 1.66. The first-order valence-corrected chi connectivity index (χ1v) is 12.8. The Hall–Kier alpha value is -4.81. The lowest BCUT2D eigenvalue weighted by molar-refractivity contribution is 1.07. The van der Waals surface area contributed by atoms with Crippen molar-refractivity contribution in [2.45, 2.75) is 0 Å². The van der Waals surface area contributed by atoms with Gasteiger partial charge in [0.25, 0.3) is 0 Å². The highest BCUT2D eigenvalue weighted by atomic mass is 32.1. The van der Waals surface area contributed by atoms with Crippen molar-refractivity contribution in [2.24, 2.45) is 0 Å². The zero-order chi connectivity index (χ0) is 24.6. The molecular formula is C31H19N5S. The van der Waals surface area contributed by atoms with E-state index in [1.54, 1.807) is 17.5 Å². The molecule has 0 spiro atoms. The Morgan fingerprint density at radius 3 is 1.78 bits per heavy atom. The number of thiazole rings is 1. The molecule has 0 saturated carbocycles. The first-order valence-electron chi connectivity index (χ1n) is 11.9. The zero-order valence-electron chi connectivity index (χ0n) is 19.6. The average Bonchev–Trinajstić information content (AvgIpc) is 3.43. The fraction of sp³-hybridized carbons (Fsp3) is 0. The lowest BCUT2D eigenvalue weighted by atomic mass is 10.1. The summed E-state index contributed by atoms with van der Waals surface area (Å²) in [6.07, 6.45) is 1.80. The molecule has 4 aromatic carbocycles. The minimum Gasteiger partial charge on any atom is -0.254 e. The molecule has 37 heavy (non-hydrogen) atoms. The van der Waals surface area contributed by atoms with Gasteiger partial charge in [-0.15, -0.1) is 11.3 Å². The molecule has 0 unspecified atom stereocenters. The molecule has 0 bridgehead atoms. The molecule has 0 saturated heterocycles. The third-order valence-corrected chi connectivity index (χ3v) is 7.34. The van der Waals surface area contributed by atoms with Gasteiger partial charge in [0.15, 0.2) is 17.5 Å². The van der Waals surface area contributed by atoms with Crippen LogP contribution in [-0.4, -0.2) is 24.9 Å². The molecule has 3 heterocycles. The molecule has 0 amide bonds. The third-order valence-electron chi connectivity index (χ3n) is 6.21. The summed E-state index contributed by atoms with van der Waals surface area (Å²) < 4.78 is 1.13. The molecule has 0 aliphatic heterocycles. The van der Waals surface area contributed by atoms with E-state index in [0.717, 1.165) is 48.4 Å². The number of rotatable bonds is 4. The second-order valence-corrected chi connectivity index (χ2v) is 9.62. The Balaban J connectivity index is 1.42. The molecule has 0 aliphatic carbocycles. The van der Waals surface area contributed by atoms with Gasteiger partial charge in [0, 0.05) is 28.3 Å². The van der Waals surface area contributed by atoms with Crippen molar-refractivity contribution in [1.29, 1.82) is 0 Å². The fourth-order valence-electron chi connectivity index (χ4n) is 4.38. The minimum absolute atomic E-state index is 0.640. The summed E-state index contributed by atoms with van der Waals surface area (Å²) in [6, 6.07) is 36.5. The Labute approximate surface area is 217 Å². The maximum Gasteiger partial charge on any atom is 0.164 e. The van der Waals surface area contributed by atoms with E-state index >= 15 is 0 Å².